The van der Waals surface area contributed by atoms with Crippen LogP contribution in [0, 0.1) is 12.8 Å². The van der Waals surface area contributed by atoms with Gasteiger partial charge < -0.3 is 20.9 Å². The van der Waals surface area contributed by atoms with Gasteiger partial charge in [-0.1, -0.05) is 109 Å². The van der Waals surface area contributed by atoms with Crippen LogP contribution in [-0.2, 0) is 30.8 Å². The first kappa shape index (κ1) is 36.9. The van der Waals surface area contributed by atoms with Crippen molar-refractivity contribution in [1.29, 1.82) is 0 Å². The number of carbonyl (C=O) groups is 3. The second-order valence-corrected chi connectivity index (χ2v) is 15.5. The maximum Gasteiger partial charge on any atom is 0.246 e. The Morgan fingerprint density at radius 2 is 1.42 bits per heavy atom. The summed E-state index contributed by atoms with van der Waals surface area (Å²) in [7, 11) is -2.07. The average Bonchev–Trinajstić information content (AvgIpc) is 3.60. The highest BCUT2D eigenvalue weighted by molar-refractivity contribution is 7.89. The van der Waals surface area contributed by atoms with Crippen LogP contribution in [0.4, 0.5) is 0 Å². The van der Waals surface area contributed by atoms with E-state index in [1.165, 1.54) is 0 Å². The number of carbonyl (C=O) groups excluding carboxylic acids is 3. The van der Waals surface area contributed by atoms with Gasteiger partial charge in [-0.3, -0.25) is 14.4 Å². The van der Waals surface area contributed by atoms with Crippen LogP contribution in [0.5, 0.6) is 0 Å². The zero-order chi connectivity index (χ0) is 36.7. The third kappa shape index (κ3) is 8.61. The monoisotopic (exact) mass is 721 g/mol. The molecular weight excluding hydrogens is 675 g/mol. The van der Waals surface area contributed by atoms with Gasteiger partial charge in [-0.25, -0.2) is 13.1 Å². The van der Waals surface area contributed by atoms with Crippen molar-refractivity contribution in [2.45, 2.75) is 74.1 Å². The number of fused-ring (bicyclic) bond motifs is 1. The van der Waals surface area contributed by atoms with Crippen molar-refractivity contribution in [3.05, 3.63) is 138 Å². The third-order valence-corrected chi connectivity index (χ3v) is 11.8. The number of rotatable bonds is 14. The minimum absolute atomic E-state index is 0.0897. The zero-order valence-electron chi connectivity index (χ0n) is 29.6. The number of amides is 3. The van der Waals surface area contributed by atoms with Crippen LogP contribution in [0.3, 0.4) is 0 Å². The summed E-state index contributed by atoms with van der Waals surface area (Å²) in [5.41, 5.74) is 3.78. The Morgan fingerprint density at radius 3 is 2.02 bits per heavy atom. The number of likely N-dealkylation sites (N-methyl/N-ethyl adjacent to an activating group) is 1. The molecule has 3 amide bonds. The summed E-state index contributed by atoms with van der Waals surface area (Å²) in [5, 5.41) is 9.36. The summed E-state index contributed by atoms with van der Waals surface area (Å²) < 4.78 is 28.9. The lowest BCUT2D eigenvalue weighted by atomic mass is 9.83. The van der Waals surface area contributed by atoms with Crippen molar-refractivity contribution >= 4 is 27.7 Å². The molecule has 1 unspecified atom stereocenters. The van der Waals surface area contributed by atoms with Crippen LogP contribution in [0.15, 0.2) is 120 Å². The molecule has 4 N–H and O–H groups in total. The van der Waals surface area contributed by atoms with Crippen molar-refractivity contribution in [3.63, 3.8) is 0 Å². The first-order valence-electron chi connectivity index (χ1n) is 17.9. The SMILES string of the molecule is CN[C@H](Cc1ccccc1)C(=O)N[C@@H]1C(=O)N2C(CC[C@H]2C(=O)NC(c2ccccc2)c2ccccc2)C[C@@H]1CCNS(=O)(=O)c1ccc(C)cc1. The minimum atomic E-state index is -3.77. The summed E-state index contributed by atoms with van der Waals surface area (Å²) in [4.78, 5) is 44.3. The Morgan fingerprint density at radius 1 is 0.827 bits per heavy atom. The van der Waals surface area contributed by atoms with Crippen LogP contribution in [0.25, 0.3) is 0 Å². The lowest BCUT2D eigenvalue weighted by Gasteiger charge is -2.43. The van der Waals surface area contributed by atoms with E-state index in [1.54, 1.807) is 36.2 Å². The lowest BCUT2D eigenvalue weighted by Crippen LogP contribution is -2.63. The molecule has 4 aromatic rings. The van der Waals surface area contributed by atoms with Crippen molar-refractivity contribution in [2.24, 2.45) is 5.92 Å². The number of hydrogen-bond acceptors (Lipinski definition) is 6. The number of piperidine rings is 1. The maximum atomic E-state index is 14.5. The Kier molecular flexibility index (Phi) is 11.8. The van der Waals surface area contributed by atoms with Crippen molar-refractivity contribution in [3.8, 4) is 0 Å². The van der Waals surface area contributed by atoms with Crippen molar-refractivity contribution < 1.29 is 22.8 Å². The van der Waals surface area contributed by atoms with Crippen LogP contribution < -0.4 is 20.7 Å². The molecule has 5 atom stereocenters. The molecule has 2 fully saturated rings. The molecule has 11 heteroatoms. The molecule has 0 aliphatic carbocycles. The number of benzene rings is 4. The molecule has 0 bridgehead atoms. The summed E-state index contributed by atoms with van der Waals surface area (Å²) >= 11 is 0. The molecule has 2 aliphatic rings. The molecule has 2 aliphatic heterocycles. The zero-order valence-corrected chi connectivity index (χ0v) is 30.4. The first-order valence-corrected chi connectivity index (χ1v) is 19.4. The second-order valence-electron chi connectivity index (χ2n) is 13.8. The normalized spacial score (nSPS) is 20.7. The molecule has 6 rings (SSSR count). The number of sulfonamides is 1. The van der Waals surface area contributed by atoms with E-state index >= 15 is 0 Å². The maximum absolute atomic E-state index is 14.5. The van der Waals surface area contributed by atoms with Gasteiger partial charge in [0.2, 0.25) is 27.7 Å². The van der Waals surface area contributed by atoms with E-state index in [4.69, 9.17) is 0 Å². The van der Waals surface area contributed by atoms with E-state index in [0.717, 1.165) is 22.3 Å². The predicted octanol–water partition coefficient (Wildman–Crippen LogP) is 4.26. The molecule has 0 spiro atoms. The summed E-state index contributed by atoms with van der Waals surface area (Å²) in [5.74, 6) is -1.25. The van der Waals surface area contributed by atoms with Gasteiger partial charge in [-0.05, 0) is 80.8 Å². The van der Waals surface area contributed by atoms with E-state index in [2.05, 4.69) is 20.7 Å². The highest BCUT2D eigenvalue weighted by Crippen LogP contribution is 2.37. The van der Waals surface area contributed by atoms with Gasteiger partial charge in [0.05, 0.1) is 17.0 Å². The Labute approximate surface area is 306 Å². The van der Waals surface area contributed by atoms with Gasteiger partial charge in [-0.15, -0.1) is 0 Å². The Bertz CT molecular complexity index is 1890. The number of nitrogens with one attached hydrogen (secondary N) is 4. The van der Waals surface area contributed by atoms with Gasteiger partial charge in [0.25, 0.3) is 0 Å². The number of hydrogen-bond donors (Lipinski definition) is 4. The molecule has 272 valence electrons. The Hall–Kier alpha value is -4.84. The standard InChI is InChI=1S/C41H47N5O5S/c1-28-18-21-34(22-19-28)52(50,51)43-25-24-32-27-33-20-23-36(40(48)44-37(30-14-8-4-9-15-30)31-16-10-5-11-17-31)46(33)41(49)38(32)45-39(47)35(42-2)26-29-12-6-3-7-13-29/h3-19,21-22,32-33,35-38,42-43H,20,23-27H2,1-2H3,(H,44,48)(H,45,47)/t32-,33?,35+,36-,38-/m0/s1. The van der Waals surface area contributed by atoms with E-state index in [1.807, 2.05) is 97.9 Å². The Balaban J connectivity index is 1.22. The highest BCUT2D eigenvalue weighted by atomic mass is 32.2. The summed E-state index contributed by atoms with van der Waals surface area (Å²) in [6.45, 7) is 1.98. The largest absolute Gasteiger partial charge is 0.343 e. The van der Waals surface area contributed by atoms with Crippen LogP contribution >= 0.6 is 0 Å². The number of nitrogens with zero attached hydrogens (tertiary/aromatic N) is 1. The van der Waals surface area contributed by atoms with Gasteiger partial charge in [0, 0.05) is 12.6 Å². The molecule has 2 saturated heterocycles. The minimum Gasteiger partial charge on any atom is -0.343 e. The fourth-order valence-electron chi connectivity index (χ4n) is 7.51. The predicted molar refractivity (Wildman–Crippen MR) is 201 cm³/mol. The molecule has 10 nitrogen and oxygen atoms in total. The average molecular weight is 722 g/mol. The summed E-state index contributed by atoms with van der Waals surface area (Å²) in [6, 6.07) is 32.8. The smallest absolute Gasteiger partial charge is 0.246 e. The summed E-state index contributed by atoms with van der Waals surface area (Å²) in [6.07, 6.45) is 2.39. The van der Waals surface area contributed by atoms with Crippen LogP contribution in [-0.4, -0.2) is 68.8 Å². The lowest BCUT2D eigenvalue weighted by molar-refractivity contribution is -0.149. The van der Waals surface area contributed by atoms with E-state index < -0.39 is 34.2 Å². The van der Waals surface area contributed by atoms with Crippen LogP contribution in [0.1, 0.15) is 54.0 Å². The van der Waals surface area contributed by atoms with Gasteiger partial charge in [0.15, 0.2) is 0 Å². The first-order chi connectivity index (χ1) is 25.1. The quantitative estimate of drug-likeness (QED) is 0.154. The van der Waals surface area contributed by atoms with Gasteiger partial charge in [-0.2, -0.15) is 0 Å². The van der Waals surface area contributed by atoms with E-state index in [9.17, 15) is 22.8 Å². The van der Waals surface area contributed by atoms with E-state index in [-0.39, 0.29) is 41.1 Å². The fraction of sp³-hybridized carbons (Fsp3) is 0.341. The second kappa shape index (κ2) is 16.7. The molecular formula is C41H47N5O5S. The van der Waals surface area contributed by atoms with Crippen molar-refractivity contribution in [1.82, 2.24) is 25.6 Å². The molecule has 0 saturated carbocycles. The van der Waals surface area contributed by atoms with Crippen molar-refractivity contribution in [2.75, 3.05) is 13.6 Å². The molecule has 2 heterocycles. The topological polar surface area (TPSA) is 137 Å². The van der Waals surface area contributed by atoms with Gasteiger partial charge in [0.1, 0.15) is 12.1 Å². The van der Waals surface area contributed by atoms with Gasteiger partial charge >= 0.3 is 0 Å². The fourth-order valence-corrected chi connectivity index (χ4v) is 8.56. The molecule has 4 aromatic carbocycles. The molecule has 0 radical (unpaired) electrons. The van der Waals surface area contributed by atoms with E-state index in [0.29, 0.717) is 32.1 Å². The molecule has 52 heavy (non-hydrogen) atoms. The van der Waals surface area contributed by atoms with Crippen LogP contribution in [0.2, 0.25) is 0 Å². The third-order valence-electron chi connectivity index (χ3n) is 10.3. The molecule has 0 aromatic heterocycles. The number of aryl methyl sites for hydroxylation is 1. The highest BCUT2D eigenvalue weighted by Gasteiger charge is 2.50.